The lowest BCUT2D eigenvalue weighted by Crippen LogP contribution is -1.96. The Kier molecular flexibility index (Phi) is 6.49. The van der Waals surface area contributed by atoms with Crippen molar-refractivity contribution in [1.82, 2.24) is 0 Å². The van der Waals surface area contributed by atoms with Gasteiger partial charge in [-0.15, -0.1) is 0 Å². The van der Waals surface area contributed by atoms with Gasteiger partial charge in [0.15, 0.2) is 0 Å². The van der Waals surface area contributed by atoms with Gasteiger partial charge < -0.3 is 0 Å². The average molecular weight is 443 g/mol. The van der Waals surface area contributed by atoms with E-state index in [1.807, 2.05) is 19.1 Å². The maximum absolute atomic E-state index is 5.97. The summed E-state index contributed by atoms with van der Waals surface area (Å²) in [6.45, 7) is 5.72. The maximum atomic E-state index is 5.97. The van der Waals surface area contributed by atoms with Crippen LogP contribution in [0.25, 0.3) is 12.2 Å². The highest BCUT2D eigenvalue weighted by Crippen LogP contribution is 2.33. The minimum absolute atomic E-state index is 0.751. The summed E-state index contributed by atoms with van der Waals surface area (Å²) in [6, 6.07) is 2.13. The number of rotatable bonds is 4. The topological polar surface area (TPSA) is 0 Å². The molecule has 0 aliphatic rings. The molecule has 1 rings (SSSR count). The Labute approximate surface area is 133 Å². The van der Waals surface area contributed by atoms with Gasteiger partial charge in [-0.05, 0) is 57.2 Å². The van der Waals surface area contributed by atoms with Crippen LogP contribution in [-0.2, 0) is 10.7 Å². The molecule has 0 aliphatic heterocycles. The third-order valence-corrected chi connectivity index (χ3v) is 4.55. The van der Waals surface area contributed by atoms with Gasteiger partial charge in [0.05, 0.1) is 0 Å². The van der Waals surface area contributed by atoms with Crippen molar-refractivity contribution in [2.45, 2.75) is 17.6 Å². The minimum atomic E-state index is 0.751. The summed E-state index contributed by atoms with van der Waals surface area (Å²) in [6.07, 6.45) is 3.80. The normalized spacial score (nSPS) is 11.7. The standard InChI is InChI=1S/C13H12Br3Cl/c1-3-9-5-10(6-14)12(7-15)13(16)11(9)4-8(2)17/h3-5H,1,6-7H2,2H3/b8-4+. The number of alkyl halides is 2. The summed E-state index contributed by atoms with van der Waals surface area (Å²) in [5.74, 6) is 0. The van der Waals surface area contributed by atoms with Crippen molar-refractivity contribution >= 4 is 71.5 Å². The van der Waals surface area contributed by atoms with E-state index in [2.05, 4.69) is 60.4 Å². The molecule has 0 atom stereocenters. The quantitative estimate of drug-likeness (QED) is 0.467. The van der Waals surface area contributed by atoms with E-state index in [0.29, 0.717) is 0 Å². The summed E-state index contributed by atoms with van der Waals surface area (Å²) in [7, 11) is 0. The Bertz CT molecular complexity index is 460. The van der Waals surface area contributed by atoms with E-state index in [1.165, 1.54) is 11.1 Å². The average Bonchev–Trinajstić information content (AvgIpc) is 2.30. The van der Waals surface area contributed by atoms with Crippen molar-refractivity contribution in [2.75, 3.05) is 0 Å². The summed E-state index contributed by atoms with van der Waals surface area (Å²) in [5.41, 5.74) is 4.63. The highest BCUT2D eigenvalue weighted by molar-refractivity contribution is 9.11. The molecule has 0 amide bonds. The maximum Gasteiger partial charge on any atom is 0.0297 e. The number of hydrogen-bond acceptors (Lipinski definition) is 0. The first-order valence-electron chi connectivity index (χ1n) is 4.97. The predicted molar refractivity (Wildman–Crippen MR) is 89.0 cm³/mol. The third kappa shape index (κ3) is 3.69. The van der Waals surface area contributed by atoms with Gasteiger partial charge in [-0.25, -0.2) is 0 Å². The zero-order chi connectivity index (χ0) is 13.0. The van der Waals surface area contributed by atoms with Crippen LogP contribution in [0.1, 0.15) is 29.2 Å². The molecule has 0 spiro atoms. The molecule has 92 valence electrons. The molecular weight excluding hydrogens is 431 g/mol. The van der Waals surface area contributed by atoms with Gasteiger partial charge in [-0.1, -0.05) is 56.1 Å². The van der Waals surface area contributed by atoms with Crippen LogP contribution in [0, 0.1) is 0 Å². The summed E-state index contributed by atoms with van der Waals surface area (Å²) < 4.78 is 1.07. The highest BCUT2D eigenvalue weighted by atomic mass is 79.9. The Hall–Kier alpha value is 0.430. The molecule has 4 heteroatoms. The number of halogens is 4. The van der Waals surface area contributed by atoms with E-state index >= 15 is 0 Å². The number of hydrogen-bond donors (Lipinski definition) is 0. The van der Waals surface area contributed by atoms with Crippen LogP contribution in [-0.4, -0.2) is 0 Å². The molecule has 17 heavy (non-hydrogen) atoms. The molecule has 0 aromatic heterocycles. The molecule has 0 radical (unpaired) electrons. The fourth-order valence-corrected chi connectivity index (χ4v) is 3.93. The monoisotopic (exact) mass is 440 g/mol. The molecule has 1 aromatic carbocycles. The fraction of sp³-hybridized carbons (Fsp3) is 0.231. The molecule has 0 fully saturated rings. The first-order chi connectivity index (χ1) is 8.04. The zero-order valence-electron chi connectivity index (χ0n) is 9.37. The van der Waals surface area contributed by atoms with Gasteiger partial charge in [0.2, 0.25) is 0 Å². The molecule has 0 unspecified atom stereocenters. The summed E-state index contributed by atoms with van der Waals surface area (Å²) >= 11 is 16.6. The van der Waals surface area contributed by atoms with E-state index in [1.54, 1.807) is 0 Å². The molecule has 0 bridgehead atoms. The van der Waals surface area contributed by atoms with Crippen LogP contribution in [0.15, 0.2) is 22.2 Å². The number of benzene rings is 1. The smallest absolute Gasteiger partial charge is 0.0297 e. The Morgan fingerprint density at radius 3 is 2.47 bits per heavy atom. The molecule has 1 aromatic rings. The van der Waals surface area contributed by atoms with Crippen LogP contribution in [0.3, 0.4) is 0 Å². The molecule has 0 saturated heterocycles. The van der Waals surface area contributed by atoms with E-state index in [4.69, 9.17) is 11.6 Å². The zero-order valence-corrected chi connectivity index (χ0v) is 14.9. The van der Waals surface area contributed by atoms with Gasteiger partial charge in [0, 0.05) is 20.2 Å². The van der Waals surface area contributed by atoms with E-state index < -0.39 is 0 Å². The SMILES string of the molecule is C=Cc1cc(CBr)c(CBr)c(Br)c1/C=C(\C)Cl. The van der Waals surface area contributed by atoms with Crippen molar-refractivity contribution in [2.24, 2.45) is 0 Å². The van der Waals surface area contributed by atoms with E-state index in [9.17, 15) is 0 Å². The van der Waals surface area contributed by atoms with Crippen LogP contribution >= 0.6 is 59.4 Å². The minimum Gasteiger partial charge on any atom is -0.0984 e. The van der Waals surface area contributed by atoms with Crippen molar-refractivity contribution in [3.8, 4) is 0 Å². The van der Waals surface area contributed by atoms with Gasteiger partial charge in [-0.3, -0.25) is 0 Å². The van der Waals surface area contributed by atoms with Crippen molar-refractivity contribution in [3.05, 3.63) is 44.4 Å². The Morgan fingerprint density at radius 1 is 1.41 bits per heavy atom. The molecule has 0 nitrogen and oxygen atoms in total. The Morgan fingerprint density at radius 2 is 2.06 bits per heavy atom. The van der Waals surface area contributed by atoms with Gasteiger partial charge in [0.25, 0.3) is 0 Å². The molecule has 0 N–H and O–H groups in total. The lowest BCUT2D eigenvalue weighted by Gasteiger charge is -2.14. The largest absolute Gasteiger partial charge is 0.0984 e. The second-order valence-corrected chi connectivity index (χ2v) is 6.04. The second-order valence-electron chi connectivity index (χ2n) is 3.53. The van der Waals surface area contributed by atoms with Crippen LogP contribution in [0.4, 0.5) is 0 Å². The second kappa shape index (κ2) is 7.13. The van der Waals surface area contributed by atoms with Crippen molar-refractivity contribution < 1.29 is 0 Å². The van der Waals surface area contributed by atoms with Gasteiger partial charge in [-0.2, -0.15) is 0 Å². The molecule has 0 aliphatic carbocycles. The molecule has 0 saturated carbocycles. The summed E-state index contributed by atoms with van der Waals surface area (Å²) in [4.78, 5) is 0. The molecule has 0 heterocycles. The lowest BCUT2D eigenvalue weighted by molar-refractivity contribution is 1.26. The van der Waals surface area contributed by atoms with Crippen LogP contribution < -0.4 is 0 Å². The lowest BCUT2D eigenvalue weighted by atomic mass is 9.99. The van der Waals surface area contributed by atoms with Crippen molar-refractivity contribution in [1.29, 1.82) is 0 Å². The Balaban J connectivity index is 3.58. The van der Waals surface area contributed by atoms with Crippen LogP contribution in [0.2, 0.25) is 0 Å². The predicted octanol–water partition coefficient (Wildman–Crippen LogP) is 6.48. The van der Waals surface area contributed by atoms with Gasteiger partial charge >= 0.3 is 0 Å². The third-order valence-electron chi connectivity index (χ3n) is 2.37. The highest BCUT2D eigenvalue weighted by Gasteiger charge is 2.12. The van der Waals surface area contributed by atoms with E-state index in [-0.39, 0.29) is 0 Å². The van der Waals surface area contributed by atoms with Crippen LogP contribution in [0.5, 0.6) is 0 Å². The number of allylic oxidation sites excluding steroid dienone is 1. The summed E-state index contributed by atoms with van der Waals surface area (Å²) in [5, 5.41) is 2.37. The fourth-order valence-electron chi connectivity index (χ4n) is 1.56. The van der Waals surface area contributed by atoms with E-state index in [0.717, 1.165) is 31.3 Å². The first-order valence-corrected chi connectivity index (χ1v) is 8.39. The first kappa shape index (κ1) is 15.5. The van der Waals surface area contributed by atoms with Crippen molar-refractivity contribution in [3.63, 3.8) is 0 Å². The van der Waals surface area contributed by atoms with Gasteiger partial charge in [0.1, 0.15) is 0 Å². The molecular formula is C13H12Br3Cl.